The maximum atomic E-state index is 10.6. The summed E-state index contributed by atoms with van der Waals surface area (Å²) in [5.41, 5.74) is 5.71. The summed E-state index contributed by atoms with van der Waals surface area (Å²) in [6.07, 6.45) is 0. The van der Waals surface area contributed by atoms with Crippen molar-refractivity contribution in [1.82, 2.24) is 4.90 Å². The molecule has 1 rings (SSSR count). The van der Waals surface area contributed by atoms with Gasteiger partial charge in [-0.1, -0.05) is 0 Å². The molecule has 1 saturated heterocycles. The van der Waals surface area contributed by atoms with E-state index in [-0.39, 0.29) is 36.3 Å². The van der Waals surface area contributed by atoms with Crippen LogP contribution in [0.3, 0.4) is 0 Å². The summed E-state index contributed by atoms with van der Waals surface area (Å²) in [6.45, 7) is 1.87. The molecule has 0 amide bonds. The Balaban J connectivity index is 0.00000225. The van der Waals surface area contributed by atoms with Crippen LogP contribution in [0.4, 0.5) is 0 Å². The molecule has 1 aliphatic heterocycles. The van der Waals surface area contributed by atoms with Crippen molar-refractivity contribution in [2.45, 2.75) is 0 Å². The second-order valence-corrected chi connectivity index (χ2v) is 6.17. The Bertz CT molecular complexity index is 327. The predicted octanol–water partition coefficient (Wildman–Crippen LogP) is -0.744. The standard InChI is InChI=1S/C7H16N4O2S2.HI/c8-7(10-1-6-15(9,12)13)11-2-4-14-5-3-11;/h1-6H2,(H2,8,10)(H2,9,12,13);1H. The number of guanidine groups is 1. The van der Waals surface area contributed by atoms with E-state index in [2.05, 4.69) is 4.99 Å². The minimum atomic E-state index is -3.44. The van der Waals surface area contributed by atoms with Gasteiger partial charge >= 0.3 is 0 Å². The van der Waals surface area contributed by atoms with E-state index in [1.807, 2.05) is 16.7 Å². The lowest BCUT2D eigenvalue weighted by Gasteiger charge is -2.27. The van der Waals surface area contributed by atoms with E-state index >= 15 is 0 Å². The van der Waals surface area contributed by atoms with E-state index in [9.17, 15) is 8.42 Å². The quantitative estimate of drug-likeness (QED) is 0.381. The maximum absolute atomic E-state index is 10.6. The van der Waals surface area contributed by atoms with Crippen molar-refractivity contribution in [2.24, 2.45) is 15.9 Å². The molecule has 0 unspecified atom stereocenters. The normalized spacial score (nSPS) is 18.1. The zero-order valence-corrected chi connectivity index (χ0v) is 12.8. The van der Waals surface area contributed by atoms with Crippen LogP contribution in [-0.4, -0.2) is 56.2 Å². The third-order valence-electron chi connectivity index (χ3n) is 1.98. The Morgan fingerprint density at radius 1 is 1.38 bits per heavy atom. The lowest BCUT2D eigenvalue weighted by molar-refractivity contribution is 0.456. The summed E-state index contributed by atoms with van der Waals surface area (Å²) in [7, 11) is -3.44. The van der Waals surface area contributed by atoms with Gasteiger partial charge in [-0.05, 0) is 0 Å². The Morgan fingerprint density at radius 2 is 1.94 bits per heavy atom. The number of halogens is 1. The molecule has 96 valence electrons. The lowest BCUT2D eigenvalue weighted by atomic mass is 10.5. The minimum Gasteiger partial charge on any atom is -0.370 e. The number of hydrogen-bond donors (Lipinski definition) is 2. The zero-order valence-electron chi connectivity index (χ0n) is 8.83. The first kappa shape index (κ1) is 16.3. The van der Waals surface area contributed by atoms with Gasteiger partial charge in [-0.3, -0.25) is 4.99 Å². The molecule has 0 saturated carbocycles. The zero-order chi connectivity index (χ0) is 11.3. The summed E-state index contributed by atoms with van der Waals surface area (Å²) in [5.74, 6) is 2.33. The number of primary sulfonamides is 1. The molecule has 0 spiro atoms. The van der Waals surface area contributed by atoms with Crippen LogP contribution < -0.4 is 10.9 Å². The van der Waals surface area contributed by atoms with Crippen LogP contribution >= 0.6 is 35.7 Å². The molecule has 1 heterocycles. The van der Waals surface area contributed by atoms with Gasteiger partial charge in [0, 0.05) is 24.6 Å². The summed E-state index contributed by atoms with van der Waals surface area (Å²) in [4.78, 5) is 5.94. The summed E-state index contributed by atoms with van der Waals surface area (Å²) in [6, 6.07) is 0. The Kier molecular flexibility index (Phi) is 7.68. The van der Waals surface area contributed by atoms with Crippen LogP contribution in [-0.2, 0) is 10.0 Å². The fourth-order valence-corrected chi connectivity index (χ4v) is 2.43. The molecule has 16 heavy (non-hydrogen) atoms. The predicted molar refractivity (Wildman–Crippen MR) is 78.8 cm³/mol. The number of nitrogens with two attached hydrogens (primary N) is 2. The topological polar surface area (TPSA) is 102 Å². The van der Waals surface area contributed by atoms with E-state index < -0.39 is 10.0 Å². The highest BCUT2D eigenvalue weighted by Gasteiger charge is 2.12. The Labute approximate surface area is 117 Å². The fraction of sp³-hybridized carbons (Fsp3) is 0.857. The molecule has 6 nitrogen and oxygen atoms in total. The number of thioether (sulfide) groups is 1. The van der Waals surface area contributed by atoms with Crippen molar-refractivity contribution in [1.29, 1.82) is 0 Å². The Hall–Kier alpha value is 0.260. The van der Waals surface area contributed by atoms with E-state index in [1.165, 1.54) is 0 Å². The van der Waals surface area contributed by atoms with Gasteiger partial charge in [-0.15, -0.1) is 24.0 Å². The second kappa shape index (κ2) is 7.56. The molecule has 1 aliphatic rings. The van der Waals surface area contributed by atoms with Gasteiger partial charge in [0.2, 0.25) is 10.0 Å². The van der Waals surface area contributed by atoms with Crippen molar-refractivity contribution in [2.75, 3.05) is 36.9 Å². The minimum absolute atomic E-state index is 0. The van der Waals surface area contributed by atoms with Gasteiger partial charge in [0.1, 0.15) is 0 Å². The molecule has 0 aromatic heterocycles. The van der Waals surface area contributed by atoms with Crippen molar-refractivity contribution in [3.05, 3.63) is 0 Å². The van der Waals surface area contributed by atoms with Crippen molar-refractivity contribution >= 4 is 51.7 Å². The first-order valence-electron chi connectivity index (χ1n) is 4.62. The second-order valence-electron chi connectivity index (χ2n) is 3.21. The number of sulfonamides is 1. The van der Waals surface area contributed by atoms with E-state index in [1.54, 1.807) is 0 Å². The highest BCUT2D eigenvalue weighted by atomic mass is 127. The van der Waals surface area contributed by atoms with Crippen molar-refractivity contribution in [3.63, 3.8) is 0 Å². The molecule has 4 N–H and O–H groups in total. The van der Waals surface area contributed by atoms with Gasteiger partial charge in [0.15, 0.2) is 5.96 Å². The smallest absolute Gasteiger partial charge is 0.210 e. The molecule has 0 atom stereocenters. The maximum Gasteiger partial charge on any atom is 0.210 e. The average molecular weight is 380 g/mol. The van der Waals surface area contributed by atoms with Gasteiger partial charge in [0.05, 0.1) is 12.3 Å². The van der Waals surface area contributed by atoms with Crippen molar-refractivity contribution < 1.29 is 8.42 Å². The molecule has 0 bridgehead atoms. The van der Waals surface area contributed by atoms with E-state index in [4.69, 9.17) is 10.9 Å². The first-order valence-corrected chi connectivity index (χ1v) is 7.49. The summed E-state index contributed by atoms with van der Waals surface area (Å²) >= 11 is 1.88. The number of nitrogens with zero attached hydrogens (tertiary/aromatic N) is 2. The van der Waals surface area contributed by atoms with Crippen molar-refractivity contribution in [3.8, 4) is 0 Å². The molecule has 0 aromatic rings. The van der Waals surface area contributed by atoms with Gasteiger partial charge < -0.3 is 10.6 Å². The number of rotatable bonds is 3. The molecular weight excluding hydrogens is 363 g/mol. The first-order chi connectivity index (χ1) is 6.99. The molecule has 9 heteroatoms. The van der Waals surface area contributed by atoms with Crippen LogP contribution in [0.1, 0.15) is 0 Å². The number of hydrogen-bond acceptors (Lipinski definition) is 4. The van der Waals surface area contributed by atoms with Crippen LogP contribution in [0, 0.1) is 0 Å². The summed E-state index contributed by atoms with van der Waals surface area (Å²) < 4.78 is 21.3. The lowest BCUT2D eigenvalue weighted by Crippen LogP contribution is -2.42. The third-order valence-corrected chi connectivity index (χ3v) is 3.68. The molecule has 0 aromatic carbocycles. The molecule has 1 fully saturated rings. The van der Waals surface area contributed by atoms with Crippen LogP contribution in [0.25, 0.3) is 0 Å². The van der Waals surface area contributed by atoms with E-state index in [0.29, 0.717) is 5.96 Å². The third kappa shape index (κ3) is 6.76. The average Bonchev–Trinajstić information content (AvgIpc) is 2.17. The molecular formula is C7H17IN4O2S2. The van der Waals surface area contributed by atoms with Gasteiger partial charge in [0.25, 0.3) is 0 Å². The molecule has 0 aliphatic carbocycles. The van der Waals surface area contributed by atoms with Crippen LogP contribution in [0.2, 0.25) is 0 Å². The summed E-state index contributed by atoms with van der Waals surface area (Å²) in [5, 5.41) is 4.85. The monoisotopic (exact) mass is 380 g/mol. The van der Waals surface area contributed by atoms with Crippen LogP contribution in [0.15, 0.2) is 4.99 Å². The van der Waals surface area contributed by atoms with E-state index in [0.717, 1.165) is 24.6 Å². The fourth-order valence-electron chi connectivity index (χ4n) is 1.18. The highest BCUT2D eigenvalue weighted by Crippen LogP contribution is 2.08. The van der Waals surface area contributed by atoms with Gasteiger partial charge in [-0.25, -0.2) is 13.6 Å². The highest BCUT2D eigenvalue weighted by molar-refractivity contribution is 14.0. The Morgan fingerprint density at radius 3 is 2.44 bits per heavy atom. The van der Waals surface area contributed by atoms with Crippen LogP contribution in [0.5, 0.6) is 0 Å². The largest absolute Gasteiger partial charge is 0.370 e. The molecule has 0 radical (unpaired) electrons. The number of aliphatic imine (C=N–C) groups is 1. The SMILES string of the molecule is I.NC(=NCCS(N)(=O)=O)N1CCSCC1. The van der Waals surface area contributed by atoms with Gasteiger partial charge in [-0.2, -0.15) is 11.8 Å².